The summed E-state index contributed by atoms with van der Waals surface area (Å²) in [6.45, 7) is 5.83. The van der Waals surface area contributed by atoms with E-state index >= 15 is 0 Å². The summed E-state index contributed by atoms with van der Waals surface area (Å²) in [5.41, 5.74) is 2.94. The molecule has 3 rings (SSSR count). The van der Waals surface area contributed by atoms with Gasteiger partial charge in [-0.25, -0.2) is 9.97 Å². The second-order valence-electron chi connectivity index (χ2n) is 5.26. The summed E-state index contributed by atoms with van der Waals surface area (Å²) < 4.78 is 5.16. The lowest BCUT2D eigenvalue weighted by Gasteiger charge is -2.22. The Morgan fingerprint density at radius 1 is 1.13 bits per heavy atom. The Kier molecular flexibility index (Phi) is 4.66. The molecule has 118 valence electrons. The Bertz CT molecular complexity index is 741. The van der Waals surface area contributed by atoms with E-state index in [1.54, 1.807) is 18.7 Å². The van der Waals surface area contributed by atoms with Gasteiger partial charge in [-0.05, 0) is 31.5 Å². The van der Waals surface area contributed by atoms with Crippen LogP contribution in [-0.4, -0.2) is 21.5 Å². The molecule has 23 heavy (non-hydrogen) atoms. The van der Waals surface area contributed by atoms with E-state index < -0.39 is 0 Å². The fraction of sp³-hybridized carbons (Fsp3) is 0.278. The first-order valence-corrected chi connectivity index (χ1v) is 7.85. The molecule has 5 heteroatoms. The quantitative estimate of drug-likeness (QED) is 0.694. The molecule has 0 fully saturated rings. The van der Waals surface area contributed by atoms with Crippen molar-refractivity contribution < 1.29 is 4.42 Å². The van der Waals surface area contributed by atoms with Gasteiger partial charge in [0, 0.05) is 36.6 Å². The molecule has 0 aliphatic carbocycles. The highest BCUT2D eigenvalue weighted by atomic mass is 16.3. The largest absolute Gasteiger partial charge is 0.472 e. The van der Waals surface area contributed by atoms with E-state index in [1.807, 2.05) is 24.3 Å². The highest BCUT2D eigenvalue weighted by Crippen LogP contribution is 2.20. The Labute approximate surface area is 136 Å². The van der Waals surface area contributed by atoms with E-state index in [1.165, 1.54) is 0 Å². The second kappa shape index (κ2) is 7.05. The number of anilines is 1. The van der Waals surface area contributed by atoms with Crippen LogP contribution >= 0.6 is 0 Å². The van der Waals surface area contributed by atoms with Crippen LogP contribution in [0.5, 0.6) is 0 Å². The van der Waals surface area contributed by atoms with Gasteiger partial charge in [0.25, 0.3) is 0 Å². The summed E-state index contributed by atoms with van der Waals surface area (Å²) >= 11 is 0. The Morgan fingerprint density at radius 3 is 2.70 bits per heavy atom. The number of rotatable bonds is 6. The monoisotopic (exact) mass is 308 g/mol. The average Bonchev–Trinajstić information content (AvgIpc) is 3.13. The van der Waals surface area contributed by atoms with Gasteiger partial charge < -0.3 is 9.32 Å². The molecule has 0 aliphatic rings. The molecule has 0 aromatic carbocycles. The molecule has 0 radical (unpaired) electrons. The first kappa shape index (κ1) is 15.2. The summed E-state index contributed by atoms with van der Waals surface area (Å²) in [7, 11) is 0. The van der Waals surface area contributed by atoms with Gasteiger partial charge in [0.15, 0.2) is 5.82 Å². The minimum absolute atomic E-state index is 0.672. The molecule has 0 unspecified atom stereocenters. The van der Waals surface area contributed by atoms with Gasteiger partial charge in [-0.2, -0.15) is 0 Å². The third-order valence-electron chi connectivity index (χ3n) is 3.68. The van der Waals surface area contributed by atoms with Crippen LogP contribution in [0.25, 0.3) is 11.5 Å². The van der Waals surface area contributed by atoms with E-state index in [-0.39, 0.29) is 0 Å². The van der Waals surface area contributed by atoms with Crippen molar-refractivity contribution in [1.82, 2.24) is 15.0 Å². The van der Waals surface area contributed by atoms with Crippen LogP contribution in [0.2, 0.25) is 0 Å². The maximum atomic E-state index is 5.16. The SMILES string of the molecule is CCc1cc(N(CC)Cc2ccoc2)nc(-c2ccccn2)n1. The molecule has 0 amide bonds. The van der Waals surface area contributed by atoms with E-state index in [0.717, 1.165) is 42.3 Å². The number of nitrogens with zero attached hydrogens (tertiary/aromatic N) is 4. The van der Waals surface area contributed by atoms with Gasteiger partial charge in [-0.15, -0.1) is 0 Å². The molecule has 0 atom stereocenters. The Morgan fingerprint density at radius 2 is 2.04 bits per heavy atom. The van der Waals surface area contributed by atoms with Gasteiger partial charge >= 0.3 is 0 Å². The highest BCUT2D eigenvalue weighted by Gasteiger charge is 2.12. The molecular weight excluding hydrogens is 288 g/mol. The first-order valence-electron chi connectivity index (χ1n) is 7.85. The summed E-state index contributed by atoms with van der Waals surface area (Å²) in [4.78, 5) is 15.9. The van der Waals surface area contributed by atoms with Gasteiger partial charge in [-0.1, -0.05) is 13.0 Å². The van der Waals surface area contributed by atoms with Gasteiger partial charge in [0.05, 0.1) is 12.5 Å². The fourth-order valence-electron chi connectivity index (χ4n) is 2.39. The van der Waals surface area contributed by atoms with Crippen LogP contribution in [0, 0.1) is 0 Å². The zero-order valence-corrected chi connectivity index (χ0v) is 13.4. The van der Waals surface area contributed by atoms with Crippen molar-refractivity contribution in [3.05, 3.63) is 60.3 Å². The molecule has 0 saturated carbocycles. The molecular formula is C18H20N4O. The lowest BCUT2D eigenvalue weighted by Crippen LogP contribution is -2.23. The number of furan rings is 1. The van der Waals surface area contributed by atoms with Crippen molar-refractivity contribution >= 4 is 5.82 Å². The zero-order valence-electron chi connectivity index (χ0n) is 13.4. The smallest absolute Gasteiger partial charge is 0.180 e. The summed E-state index contributed by atoms with van der Waals surface area (Å²) in [5, 5.41) is 0. The molecule has 0 aliphatic heterocycles. The molecule has 5 nitrogen and oxygen atoms in total. The van der Waals surface area contributed by atoms with Crippen LogP contribution in [-0.2, 0) is 13.0 Å². The molecule has 3 heterocycles. The normalized spacial score (nSPS) is 10.7. The summed E-state index contributed by atoms with van der Waals surface area (Å²) in [6, 6.07) is 9.81. The lowest BCUT2D eigenvalue weighted by atomic mass is 10.2. The minimum atomic E-state index is 0.672. The van der Waals surface area contributed by atoms with Gasteiger partial charge in [0.2, 0.25) is 0 Å². The number of aryl methyl sites for hydroxylation is 1. The molecule has 3 aromatic heterocycles. The summed E-state index contributed by atoms with van der Waals surface area (Å²) in [5.74, 6) is 1.59. The Balaban J connectivity index is 1.97. The third kappa shape index (κ3) is 3.56. The second-order valence-corrected chi connectivity index (χ2v) is 5.26. The highest BCUT2D eigenvalue weighted by molar-refractivity contribution is 5.53. The molecule has 0 N–H and O–H groups in total. The third-order valence-corrected chi connectivity index (χ3v) is 3.68. The average molecular weight is 308 g/mol. The van der Waals surface area contributed by atoms with E-state index in [0.29, 0.717) is 5.82 Å². The van der Waals surface area contributed by atoms with Crippen LogP contribution in [0.15, 0.2) is 53.5 Å². The predicted octanol–water partition coefficient (Wildman–Crippen LogP) is 3.72. The fourth-order valence-corrected chi connectivity index (χ4v) is 2.39. The number of pyridine rings is 1. The number of hydrogen-bond acceptors (Lipinski definition) is 5. The van der Waals surface area contributed by atoms with Gasteiger partial charge in [-0.3, -0.25) is 4.98 Å². The predicted molar refractivity (Wildman–Crippen MR) is 90.1 cm³/mol. The van der Waals surface area contributed by atoms with E-state index in [9.17, 15) is 0 Å². The minimum Gasteiger partial charge on any atom is -0.472 e. The standard InChI is InChI=1S/C18H20N4O/c1-3-15-11-17(22(4-2)12-14-8-10-23-13-14)21-18(20-15)16-7-5-6-9-19-16/h5-11,13H,3-4,12H2,1-2H3. The van der Waals surface area contributed by atoms with E-state index in [2.05, 4.69) is 34.8 Å². The van der Waals surface area contributed by atoms with Crippen molar-refractivity contribution in [3.8, 4) is 11.5 Å². The van der Waals surface area contributed by atoms with Crippen LogP contribution in [0.4, 0.5) is 5.82 Å². The van der Waals surface area contributed by atoms with Crippen molar-refractivity contribution in [2.75, 3.05) is 11.4 Å². The summed E-state index contributed by atoms with van der Waals surface area (Å²) in [6.07, 6.45) is 6.09. The van der Waals surface area contributed by atoms with Crippen molar-refractivity contribution in [2.24, 2.45) is 0 Å². The van der Waals surface area contributed by atoms with Crippen LogP contribution < -0.4 is 4.90 Å². The molecule has 0 saturated heterocycles. The molecule has 0 bridgehead atoms. The van der Waals surface area contributed by atoms with Crippen LogP contribution in [0.1, 0.15) is 25.1 Å². The van der Waals surface area contributed by atoms with E-state index in [4.69, 9.17) is 9.40 Å². The molecule has 3 aromatic rings. The van der Waals surface area contributed by atoms with Crippen molar-refractivity contribution in [2.45, 2.75) is 26.8 Å². The Hall–Kier alpha value is -2.69. The number of aromatic nitrogens is 3. The zero-order chi connectivity index (χ0) is 16.1. The maximum absolute atomic E-state index is 5.16. The van der Waals surface area contributed by atoms with Crippen molar-refractivity contribution in [1.29, 1.82) is 0 Å². The maximum Gasteiger partial charge on any atom is 0.180 e. The first-order chi connectivity index (χ1) is 11.3. The van der Waals surface area contributed by atoms with Crippen molar-refractivity contribution in [3.63, 3.8) is 0 Å². The van der Waals surface area contributed by atoms with Crippen LogP contribution in [0.3, 0.4) is 0 Å². The lowest BCUT2D eigenvalue weighted by molar-refractivity contribution is 0.563. The van der Waals surface area contributed by atoms with Gasteiger partial charge in [0.1, 0.15) is 11.5 Å². The topological polar surface area (TPSA) is 55.1 Å². The number of hydrogen-bond donors (Lipinski definition) is 0. The molecule has 0 spiro atoms.